The van der Waals surface area contributed by atoms with Crippen LogP contribution in [0.2, 0.25) is 0 Å². The number of aliphatic hydroxyl groups is 1. The van der Waals surface area contributed by atoms with Gasteiger partial charge in [-0.3, -0.25) is 0 Å². The molecule has 0 saturated carbocycles. The van der Waals surface area contributed by atoms with Gasteiger partial charge in [-0.1, -0.05) is 0 Å². The number of amidine groups is 1. The molecular weight excluding hydrogens is 383 g/mol. The van der Waals surface area contributed by atoms with Gasteiger partial charge in [0.1, 0.15) is 5.84 Å². The molecule has 0 fully saturated rings. The van der Waals surface area contributed by atoms with Crippen molar-refractivity contribution >= 4 is 27.0 Å². The number of rotatable bonds is 3. The van der Waals surface area contributed by atoms with E-state index in [1.54, 1.807) is 0 Å². The number of benzene rings is 2. The molecule has 0 saturated heterocycles. The Morgan fingerprint density at radius 3 is 2.15 bits per heavy atom. The fraction of sp³-hybridized carbons (Fsp3) is 0.235. The van der Waals surface area contributed by atoms with Crippen LogP contribution >= 0.6 is 0 Å². The predicted molar refractivity (Wildman–Crippen MR) is 95.3 cm³/mol. The first-order valence-corrected chi connectivity index (χ1v) is 9.62. The van der Waals surface area contributed by atoms with Gasteiger partial charge >= 0.3 is 6.18 Å². The molecule has 3 N–H and O–H groups in total. The Morgan fingerprint density at radius 1 is 1.11 bits per heavy atom. The van der Waals surface area contributed by atoms with Crippen LogP contribution in [0.5, 0.6) is 0 Å². The number of halogens is 3. The third-order valence-electron chi connectivity index (χ3n) is 4.12. The van der Waals surface area contributed by atoms with E-state index in [1.165, 1.54) is 53.4 Å². The molecular formula is C17H16F3N3O3S. The second-order valence-electron chi connectivity index (χ2n) is 6.22. The van der Waals surface area contributed by atoms with Crippen LogP contribution < -0.4 is 10.6 Å². The van der Waals surface area contributed by atoms with Gasteiger partial charge in [-0.15, -0.1) is 0 Å². The molecule has 1 aliphatic rings. The van der Waals surface area contributed by atoms with Crippen LogP contribution in [-0.2, 0) is 9.84 Å². The lowest BCUT2D eigenvalue weighted by Gasteiger charge is -2.25. The molecule has 0 radical (unpaired) electrons. The van der Waals surface area contributed by atoms with Crippen LogP contribution in [0.25, 0.3) is 0 Å². The first-order valence-electron chi connectivity index (χ1n) is 7.73. The van der Waals surface area contributed by atoms with Crippen molar-refractivity contribution in [3.63, 3.8) is 0 Å². The van der Waals surface area contributed by atoms with E-state index in [2.05, 4.69) is 4.99 Å². The molecule has 0 spiro atoms. The van der Waals surface area contributed by atoms with E-state index >= 15 is 0 Å². The summed E-state index contributed by atoms with van der Waals surface area (Å²) in [5, 5.41) is 10.1. The molecule has 2 aromatic rings. The van der Waals surface area contributed by atoms with Gasteiger partial charge in [-0.05, 0) is 48.5 Å². The van der Waals surface area contributed by atoms with Crippen LogP contribution in [0.15, 0.2) is 58.4 Å². The van der Waals surface area contributed by atoms with Gasteiger partial charge in [0.25, 0.3) is 5.72 Å². The summed E-state index contributed by atoms with van der Waals surface area (Å²) in [4.78, 5) is 4.76. The molecule has 1 unspecified atom stereocenters. The Labute approximate surface area is 153 Å². The highest BCUT2D eigenvalue weighted by molar-refractivity contribution is 7.90. The molecule has 10 heteroatoms. The van der Waals surface area contributed by atoms with Crippen molar-refractivity contribution in [2.24, 2.45) is 4.99 Å². The number of β-amino-alcohol motifs (C(OH)–C–C–N with tert-alkyl or cyclic N) is 1. The van der Waals surface area contributed by atoms with Crippen LogP contribution in [0, 0.1) is 0 Å². The molecule has 27 heavy (non-hydrogen) atoms. The largest absolute Gasteiger partial charge is 0.440 e. The lowest BCUT2D eigenvalue weighted by Crippen LogP contribution is -2.47. The topological polar surface area (TPSA) is 96.0 Å². The molecule has 1 aliphatic heterocycles. The van der Waals surface area contributed by atoms with E-state index in [1.807, 2.05) is 0 Å². The lowest BCUT2D eigenvalue weighted by molar-refractivity contribution is -0.249. The molecule has 2 aromatic carbocycles. The van der Waals surface area contributed by atoms with E-state index in [0.29, 0.717) is 11.4 Å². The maximum absolute atomic E-state index is 13.3. The van der Waals surface area contributed by atoms with Crippen molar-refractivity contribution < 1.29 is 26.7 Å². The fourth-order valence-corrected chi connectivity index (χ4v) is 3.29. The van der Waals surface area contributed by atoms with E-state index in [-0.39, 0.29) is 16.3 Å². The van der Waals surface area contributed by atoms with Crippen LogP contribution in [0.4, 0.5) is 24.5 Å². The number of nitrogen functional groups attached to an aromatic ring is 1. The summed E-state index contributed by atoms with van der Waals surface area (Å²) in [6, 6.07) is 11.3. The Bertz CT molecular complexity index is 987. The number of aliphatic imine (C=N–C) groups is 1. The minimum atomic E-state index is -4.98. The van der Waals surface area contributed by atoms with Crippen LogP contribution in [0.1, 0.15) is 5.56 Å². The Morgan fingerprint density at radius 2 is 1.67 bits per heavy atom. The maximum Gasteiger partial charge on any atom is 0.440 e. The zero-order chi connectivity index (χ0) is 20.0. The average molecular weight is 399 g/mol. The molecule has 0 aliphatic carbocycles. The van der Waals surface area contributed by atoms with E-state index in [9.17, 15) is 26.7 Å². The molecule has 0 aromatic heterocycles. The monoisotopic (exact) mass is 399 g/mol. The summed E-state index contributed by atoms with van der Waals surface area (Å²) < 4.78 is 63.1. The second-order valence-corrected chi connectivity index (χ2v) is 8.24. The van der Waals surface area contributed by atoms with Crippen molar-refractivity contribution in [3.05, 3.63) is 54.1 Å². The number of nitrogens with zero attached hydrogens (tertiary/aromatic N) is 2. The van der Waals surface area contributed by atoms with E-state index < -0.39 is 28.3 Å². The van der Waals surface area contributed by atoms with Gasteiger partial charge in [-0.25, -0.2) is 13.4 Å². The van der Waals surface area contributed by atoms with E-state index in [4.69, 9.17) is 5.73 Å². The van der Waals surface area contributed by atoms with Crippen molar-refractivity contribution in [2.75, 3.05) is 23.4 Å². The van der Waals surface area contributed by atoms with Gasteiger partial charge in [0, 0.05) is 23.2 Å². The molecule has 144 valence electrons. The number of nitrogens with two attached hydrogens (primary N) is 1. The summed E-state index contributed by atoms with van der Waals surface area (Å²) >= 11 is 0. The predicted octanol–water partition coefficient (Wildman–Crippen LogP) is 2.19. The maximum atomic E-state index is 13.3. The van der Waals surface area contributed by atoms with Crippen molar-refractivity contribution in [2.45, 2.75) is 16.8 Å². The fourth-order valence-electron chi connectivity index (χ4n) is 2.66. The number of sulfone groups is 1. The van der Waals surface area contributed by atoms with Crippen LogP contribution in [0.3, 0.4) is 0 Å². The lowest BCUT2D eigenvalue weighted by atomic mass is 10.1. The highest BCUT2D eigenvalue weighted by atomic mass is 32.2. The average Bonchev–Trinajstić information content (AvgIpc) is 2.94. The van der Waals surface area contributed by atoms with Crippen molar-refractivity contribution in [1.82, 2.24) is 0 Å². The molecule has 6 nitrogen and oxygen atoms in total. The molecule has 1 heterocycles. The standard InChI is InChI=1S/C17H16F3N3O3S/c1-27(25,26)14-8-2-11(3-9-14)15-22-16(24,17(18,19)20)10-23(15)13-6-4-12(21)5-7-13/h2-9,24H,10,21H2,1H3. The number of hydrogen-bond donors (Lipinski definition) is 2. The summed E-state index contributed by atoms with van der Waals surface area (Å²) in [5.41, 5.74) is 3.36. The quantitative estimate of drug-likeness (QED) is 0.772. The zero-order valence-electron chi connectivity index (χ0n) is 14.1. The second kappa shape index (κ2) is 6.24. The van der Waals surface area contributed by atoms with Gasteiger partial charge < -0.3 is 15.7 Å². The normalized spacial score (nSPS) is 20.6. The molecule has 0 bridgehead atoms. The summed E-state index contributed by atoms with van der Waals surface area (Å²) in [5.74, 6) is -0.125. The smallest absolute Gasteiger partial charge is 0.399 e. The molecule has 3 rings (SSSR count). The van der Waals surface area contributed by atoms with Gasteiger partial charge in [-0.2, -0.15) is 13.2 Å². The number of alkyl halides is 3. The van der Waals surface area contributed by atoms with Gasteiger partial charge in [0.2, 0.25) is 0 Å². The number of hydrogen-bond acceptors (Lipinski definition) is 6. The molecule has 1 atom stereocenters. The third-order valence-corrected chi connectivity index (χ3v) is 5.25. The van der Waals surface area contributed by atoms with Crippen molar-refractivity contribution in [1.29, 1.82) is 0 Å². The summed E-state index contributed by atoms with van der Waals surface area (Å²) in [6.45, 7) is -0.830. The van der Waals surface area contributed by atoms with Crippen LogP contribution in [-0.4, -0.2) is 44.1 Å². The Kier molecular flexibility index (Phi) is 4.43. The Hall–Kier alpha value is -2.59. The first kappa shape index (κ1) is 19.2. The summed E-state index contributed by atoms with van der Waals surface area (Å²) in [6.07, 6.45) is -3.95. The first-order chi connectivity index (χ1) is 12.4. The minimum Gasteiger partial charge on any atom is -0.399 e. The summed E-state index contributed by atoms with van der Waals surface area (Å²) in [7, 11) is -3.46. The third kappa shape index (κ3) is 3.62. The Balaban J connectivity index is 2.09. The SMILES string of the molecule is CS(=O)(=O)c1ccc(C2=NC(O)(C(F)(F)F)CN2c2ccc(N)cc2)cc1. The van der Waals surface area contributed by atoms with E-state index in [0.717, 1.165) is 6.26 Å². The minimum absolute atomic E-state index is 0.0231. The van der Waals surface area contributed by atoms with Crippen molar-refractivity contribution in [3.8, 4) is 0 Å². The highest BCUT2D eigenvalue weighted by Crippen LogP contribution is 2.39. The zero-order valence-corrected chi connectivity index (χ0v) is 14.9. The number of anilines is 2. The van der Waals surface area contributed by atoms with Gasteiger partial charge in [0.05, 0.1) is 11.4 Å². The van der Waals surface area contributed by atoms with Gasteiger partial charge in [0.15, 0.2) is 9.84 Å². The highest BCUT2D eigenvalue weighted by Gasteiger charge is 2.58. The molecule has 0 amide bonds.